The first-order chi connectivity index (χ1) is 10.1. The first-order valence-electron chi connectivity index (χ1n) is 6.12. The number of H-pyrrole nitrogens is 1. The summed E-state index contributed by atoms with van der Waals surface area (Å²) in [5.41, 5.74) is 2.70. The van der Waals surface area contributed by atoms with Gasteiger partial charge in [0.15, 0.2) is 0 Å². The van der Waals surface area contributed by atoms with Gasteiger partial charge in [0.2, 0.25) is 0 Å². The number of imidazole rings is 1. The number of esters is 1. The zero-order chi connectivity index (χ0) is 15.0. The number of methoxy groups -OCH3 is 1. The van der Waals surface area contributed by atoms with E-state index in [4.69, 9.17) is 16.3 Å². The van der Waals surface area contributed by atoms with Gasteiger partial charge in [-0.3, -0.25) is 0 Å². The second-order valence-corrected chi connectivity index (χ2v) is 6.09. The Morgan fingerprint density at radius 3 is 2.67 bits per heavy atom. The standard InChI is InChI=1S/C15H10ClIN2O2/c1-21-15(20)9-6-11(16)13-12(7-9)18-14(19-13)8-2-4-10(17)5-3-8/h2-7H,1H3,(H,18,19). The Hall–Kier alpha value is -1.60. The van der Waals surface area contributed by atoms with E-state index in [1.807, 2.05) is 24.3 Å². The van der Waals surface area contributed by atoms with Gasteiger partial charge in [-0.1, -0.05) is 23.7 Å². The molecule has 2 aromatic carbocycles. The lowest BCUT2D eigenvalue weighted by atomic mass is 10.2. The van der Waals surface area contributed by atoms with E-state index < -0.39 is 5.97 Å². The highest BCUT2D eigenvalue weighted by molar-refractivity contribution is 14.1. The number of nitrogens with zero attached hydrogens (tertiary/aromatic N) is 1. The number of fused-ring (bicyclic) bond motifs is 1. The summed E-state index contributed by atoms with van der Waals surface area (Å²) in [5.74, 6) is 0.287. The number of carbonyl (C=O) groups is 1. The van der Waals surface area contributed by atoms with E-state index in [0.717, 1.165) is 9.13 Å². The van der Waals surface area contributed by atoms with E-state index in [1.165, 1.54) is 7.11 Å². The third kappa shape index (κ3) is 2.75. The largest absolute Gasteiger partial charge is 0.465 e. The van der Waals surface area contributed by atoms with Crippen LogP contribution in [0.4, 0.5) is 0 Å². The summed E-state index contributed by atoms with van der Waals surface area (Å²) in [6, 6.07) is 11.2. The second-order valence-electron chi connectivity index (χ2n) is 4.44. The van der Waals surface area contributed by atoms with Crippen molar-refractivity contribution in [1.29, 1.82) is 0 Å². The third-order valence-corrected chi connectivity index (χ3v) is 4.09. The number of hydrogen-bond acceptors (Lipinski definition) is 3. The van der Waals surface area contributed by atoms with Gasteiger partial charge >= 0.3 is 5.97 Å². The molecule has 0 atom stereocenters. The predicted molar refractivity (Wildman–Crippen MR) is 90.6 cm³/mol. The monoisotopic (exact) mass is 412 g/mol. The lowest BCUT2D eigenvalue weighted by Gasteiger charge is -1.99. The normalized spacial score (nSPS) is 10.8. The SMILES string of the molecule is COC(=O)c1cc(Cl)c2nc(-c3ccc(I)cc3)[nH]c2c1. The van der Waals surface area contributed by atoms with Gasteiger partial charge in [0, 0.05) is 9.13 Å². The molecule has 0 saturated heterocycles. The van der Waals surface area contributed by atoms with Crippen molar-refractivity contribution in [1.82, 2.24) is 9.97 Å². The van der Waals surface area contributed by atoms with Crippen molar-refractivity contribution in [2.45, 2.75) is 0 Å². The van der Waals surface area contributed by atoms with Gasteiger partial charge in [-0.05, 0) is 46.9 Å². The molecule has 0 amide bonds. The van der Waals surface area contributed by atoms with Crippen molar-refractivity contribution in [3.8, 4) is 11.4 Å². The fourth-order valence-corrected chi connectivity index (χ4v) is 2.68. The highest BCUT2D eigenvalue weighted by Gasteiger charge is 2.13. The quantitative estimate of drug-likeness (QED) is 0.505. The van der Waals surface area contributed by atoms with Crippen LogP contribution in [0.15, 0.2) is 36.4 Å². The minimum Gasteiger partial charge on any atom is -0.465 e. The van der Waals surface area contributed by atoms with Crippen LogP contribution >= 0.6 is 34.2 Å². The molecule has 0 unspecified atom stereocenters. The van der Waals surface area contributed by atoms with Crippen LogP contribution in [0.1, 0.15) is 10.4 Å². The Morgan fingerprint density at radius 1 is 1.29 bits per heavy atom. The van der Waals surface area contributed by atoms with Crippen LogP contribution in [-0.2, 0) is 4.74 Å². The van der Waals surface area contributed by atoms with Gasteiger partial charge in [-0.25, -0.2) is 9.78 Å². The molecule has 3 aromatic rings. The van der Waals surface area contributed by atoms with Gasteiger partial charge in [-0.15, -0.1) is 0 Å². The molecule has 4 nitrogen and oxygen atoms in total. The Bertz CT molecular complexity index is 828. The number of nitrogens with one attached hydrogen (secondary N) is 1. The number of hydrogen-bond donors (Lipinski definition) is 1. The summed E-state index contributed by atoms with van der Waals surface area (Å²) in [5, 5.41) is 0.418. The zero-order valence-corrected chi connectivity index (χ0v) is 13.9. The van der Waals surface area contributed by atoms with E-state index in [2.05, 4.69) is 32.6 Å². The number of ether oxygens (including phenoxy) is 1. The molecule has 3 rings (SSSR count). The molecule has 0 saturated carbocycles. The Kier molecular flexibility index (Phi) is 3.86. The molecule has 21 heavy (non-hydrogen) atoms. The number of benzene rings is 2. The van der Waals surface area contributed by atoms with Crippen molar-refractivity contribution in [2.75, 3.05) is 7.11 Å². The average molecular weight is 413 g/mol. The summed E-state index contributed by atoms with van der Waals surface area (Å²) in [4.78, 5) is 19.3. The van der Waals surface area contributed by atoms with E-state index in [-0.39, 0.29) is 0 Å². The van der Waals surface area contributed by atoms with Crippen molar-refractivity contribution < 1.29 is 9.53 Å². The van der Waals surface area contributed by atoms with Gasteiger partial charge < -0.3 is 9.72 Å². The van der Waals surface area contributed by atoms with Crippen LogP contribution in [0.25, 0.3) is 22.4 Å². The van der Waals surface area contributed by atoms with Crippen LogP contribution in [0.3, 0.4) is 0 Å². The van der Waals surface area contributed by atoms with E-state index >= 15 is 0 Å². The predicted octanol–water partition coefficient (Wildman–Crippen LogP) is 4.27. The lowest BCUT2D eigenvalue weighted by molar-refractivity contribution is 0.0601. The number of aromatic nitrogens is 2. The Morgan fingerprint density at radius 2 is 2.00 bits per heavy atom. The van der Waals surface area contributed by atoms with E-state index in [9.17, 15) is 4.79 Å². The first-order valence-corrected chi connectivity index (χ1v) is 7.57. The molecule has 0 aliphatic rings. The van der Waals surface area contributed by atoms with Crippen molar-refractivity contribution in [2.24, 2.45) is 0 Å². The molecule has 1 heterocycles. The van der Waals surface area contributed by atoms with Crippen LogP contribution in [0, 0.1) is 3.57 Å². The molecule has 0 bridgehead atoms. The van der Waals surface area contributed by atoms with E-state index in [0.29, 0.717) is 27.4 Å². The summed E-state index contributed by atoms with van der Waals surface area (Å²) >= 11 is 8.45. The summed E-state index contributed by atoms with van der Waals surface area (Å²) in [6.45, 7) is 0. The molecular weight excluding hydrogens is 403 g/mol. The maximum absolute atomic E-state index is 11.6. The minimum absolute atomic E-state index is 0.396. The topological polar surface area (TPSA) is 55.0 Å². The highest BCUT2D eigenvalue weighted by atomic mass is 127. The number of aromatic amines is 1. The second kappa shape index (κ2) is 5.65. The molecule has 1 N–H and O–H groups in total. The molecule has 6 heteroatoms. The maximum Gasteiger partial charge on any atom is 0.337 e. The van der Waals surface area contributed by atoms with Crippen LogP contribution in [0.5, 0.6) is 0 Å². The lowest BCUT2D eigenvalue weighted by Crippen LogP contribution is -2.00. The molecule has 1 aromatic heterocycles. The fourth-order valence-electron chi connectivity index (χ4n) is 2.06. The van der Waals surface area contributed by atoms with Crippen molar-refractivity contribution in [3.05, 3.63) is 50.6 Å². The molecule has 106 valence electrons. The van der Waals surface area contributed by atoms with Gasteiger partial charge in [-0.2, -0.15) is 0 Å². The molecule has 0 radical (unpaired) electrons. The average Bonchev–Trinajstić information content (AvgIpc) is 2.91. The summed E-state index contributed by atoms with van der Waals surface area (Å²) in [6.07, 6.45) is 0. The van der Waals surface area contributed by atoms with E-state index in [1.54, 1.807) is 12.1 Å². The van der Waals surface area contributed by atoms with Crippen LogP contribution < -0.4 is 0 Å². The Balaban J connectivity index is 2.13. The van der Waals surface area contributed by atoms with Crippen LogP contribution in [0.2, 0.25) is 5.02 Å². The maximum atomic E-state index is 11.6. The smallest absolute Gasteiger partial charge is 0.337 e. The van der Waals surface area contributed by atoms with Gasteiger partial charge in [0.25, 0.3) is 0 Å². The summed E-state index contributed by atoms with van der Waals surface area (Å²) in [7, 11) is 1.34. The van der Waals surface area contributed by atoms with Crippen LogP contribution in [-0.4, -0.2) is 23.0 Å². The van der Waals surface area contributed by atoms with Gasteiger partial charge in [0.1, 0.15) is 11.3 Å². The number of halogens is 2. The first kappa shape index (κ1) is 14.3. The molecule has 0 aliphatic carbocycles. The summed E-state index contributed by atoms with van der Waals surface area (Å²) < 4.78 is 5.86. The minimum atomic E-state index is -0.427. The molecule has 0 spiro atoms. The zero-order valence-electron chi connectivity index (χ0n) is 11.0. The molecule has 0 fully saturated rings. The third-order valence-electron chi connectivity index (χ3n) is 3.08. The number of carbonyl (C=O) groups excluding carboxylic acids is 1. The fraction of sp³-hybridized carbons (Fsp3) is 0.0667. The van der Waals surface area contributed by atoms with Crippen molar-refractivity contribution in [3.63, 3.8) is 0 Å². The molecule has 0 aliphatic heterocycles. The number of rotatable bonds is 2. The molecular formula is C15H10ClIN2O2. The highest BCUT2D eigenvalue weighted by Crippen LogP contribution is 2.27. The van der Waals surface area contributed by atoms with Crippen molar-refractivity contribution >= 4 is 51.2 Å². The Labute approximate surface area is 139 Å². The van der Waals surface area contributed by atoms with Gasteiger partial charge in [0.05, 0.1) is 23.2 Å².